The zero-order valence-electron chi connectivity index (χ0n) is 12.0. The third-order valence-corrected chi connectivity index (χ3v) is 2.96. The van der Waals surface area contributed by atoms with E-state index in [9.17, 15) is 18.4 Å². The van der Waals surface area contributed by atoms with Gasteiger partial charge < -0.3 is 10.3 Å². The molecule has 0 unspecified atom stereocenters. The van der Waals surface area contributed by atoms with Crippen molar-refractivity contribution in [2.24, 2.45) is 0 Å². The Hall–Kier alpha value is -2.57. The Balaban J connectivity index is 1.85. The first-order valence-corrected chi connectivity index (χ1v) is 6.75. The van der Waals surface area contributed by atoms with Crippen LogP contribution in [0.5, 0.6) is 0 Å². The first-order valence-electron chi connectivity index (χ1n) is 6.75. The highest BCUT2D eigenvalue weighted by atomic mass is 19.1. The molecule has 0 aliphatic heterocycles. The molecule has 2 N–H and O–H groups in total. The van der Waals surface area contributed by atoms with Gasteiger partial charge in [0, 0.05) is 18.3 Å². The van der Waals surface area contributed by atoms with Crippen molar-refractivity contribution in [1.29, 1.82) is 0 Å². The monoisotopic (exact) mass is 307 g/mol. The van der Waals surface area contributed by atoms with Gasteiger partial charge >= 0.3 is 5.69 Å². The Morgan fingerprint density at radius 2 is 1.91 bits per heavy atom. The van der Waals surface area contributed by atoms with Crippen molar-refractivity contribution < 1.29 is 13.6 Å². The fraction of sp³-hybridized carbons (Fsp3) is 0.267. The van der Waals surface area contributed by atoms with Gasteiger partial charge in [0.1, 0.15) is 17.3 Å². The highest BCUT2D eigenvalue weighted by Gasteiger charge is 2.08. The number of carbonyl (C=O) groups excluding carboxylic acids is 1. The number of aryl methyl sites for hydroxylation is 2. The summed E-state index contributed by atoms with van der Waals surface area (Å²) in [5, 5.41) is 2.61. The minimum absolute atomic E-state index is 0.0399. The average Bonchev–Trinajstić information content (AvgIpc) is 2.41. The smallest absolute Gasteiger partial charge is 0.345 e. The molecule has 0 aliphatic rings. The first-order chi connectivity index (χ1) is 10.4. The molecular formula is C15H15F2N3O2. The largest absolute Gasteiger partial charge is 0.351 e. The molecule has 0 atom stereocenters. The summed E-state index contributed by atoms with van der Waals surface area (Å²) in [5.74, 6) is -1.70. The van der Waals surface area contributed by atoms with Gasteiger partial charge in [-0.15, -0.1) is 0 Å². The minimum atomic E-state index is -0.623. The Morgan fingerprint density at radius 3 is 2.55 bits per heavy atom. The molecule has 0 spiro atoms. The Bertz CT molecular complexity index is 724. The molecule has 1 amide bonds. The molecule has 2 aromatic rings. The summed E-state index contributed by atoms with van der Waals surface area (Å²) in [5.41, 5.74) is 0.524. The van der Waals surface area contributed by atoms with E-state index in [1.54, 1.807) is 6.92 Å². The zero-order chi connectivity index (χ0) is 16.1. The molecule has 0 fully saturated rings. The number of nitrogens with zero attached hydrogens (tertiary/aromatic N) is 1. The van der Waals surface area contributed by atoms with Crippen LogP contribution in [0.3, 0.4) is 0 Å². The minimum Gasteiger partial charge on any atom is -0.351 e. The SMILES string of the molecule is Cc1cc(C(=O)NCCCc2cc(F)cc(F)c2)nc(=O)[nH]1. The molecule has 2 rings (SSSR count). The number of H-pyrrole nitrogens is 1. The number of halogens is 2. The van der Waals surface area contributed by atoms with Crippen LogP contribution in [0.4, 0.5) is 8.78 Å². The molecule has 7 heteroatoms. The van der Waals surface area contributed by atoms with Gasteiger partial charge in [-0.2, -0.15) is 4.98 Å². The molecule has 0 radical (unpaired) electrons. The summed E-state index contributed by atoms with van der Waals surface area (Å²) in [6, 6.07) is 4.80. The maximum atomic E-state index is 13.0. The lowest BCUT2D eigenvalue weighted by atomic mass is 10.1. The lowest BCUT2D eigenvalue weighted by Gasteiger charge is -2.05. The quantitative estimate of drug-likeness (QED) is 0.826. The number of aromatic nitrogens is 2. The van der Waals surface area contributed by atoms with E-state index in [4.69, 9.17) is 0 Å². The third kappa shape index (κ3) is 4.47. The molecule has 116 valence electrons. The fourth-order valence-electron chi connectivity index (χ4n) is 2.04. The van der Waals surface area contributed by atoms with Crippen LogP contribution >= 0.6 is 0 Å². The second-order valence-electron chi connectivity index (χ2n) is 4.89. The maximum Gasteiger partial charge on any atom is 0.345 e. The molecule has 22 heavy (non-hydrogen) atoms. The van der Waals surface area contributed by atoms with Crippen molar-refractivity contribution >= 4 is 5.91 Å². The Morgan fingerprint density at radius 1 is 1.23 bits per heavy atom. The Labute approximate surface area is 125 Å². The van der Waals surface area contributed by atoms with Crippen LogP contribution in [0.15, 0.2) is 29.1 Å². The van der Waals surface area contributed by atoms with E-state index < -0.39 is 23.2 Å². The van der Waals surface area contributed by atoms with E-state index in [-0.39, 0.29) is 5.69 Å². The van der Waals surface area contributed by atoms with Gasteiger partial charge in [-0.3, -0.25) is 4.79 Å². The number of rotatable bonds is 5. The zero-order valence-corrected chi connectivity index (χ0v) is 12.0. The molecule has 1 heterocycles. The molecule has 0 saturated carbocycles. The number of nitrogens with one attached hydrogen (secondary N) is 2. The van der Waals surface area contributed by atoms with Crippen LogP contribution in [0, 0.1) is 18.6 Å². The van der Waals surface area contributed by atoms with Crippen LogP contribution in [0.1, 0.15) is 28.2 Å². The number of hydrogen-bond acceptors (Lipinski definition) is 3. The van der Waals surface area contributed by atoms with Crippen LogP contribution in [0.2, 0.25) is 0 Å². The van der Waals surface area contributed by atoms with E-state index in [1.807, 2.05) is 0 Å². The summed E-state index contributed by atoms with van der Waals surface area (Å²) in [7, 11) is 0. The van der Waals surface area contributed by atoms with Crippen LogP contribution in [0.25, 0.3) is 0 Å². The van der Waals surface area contributed by atoms with E-state index in [0.717, 1.165) is 6.07 Å². The predicted molar refractivity (Wildman–Crippen MR) is 76.6 cm³/mol. The molecule has 0 bridgehead atoms. The number of aromatic amines is 1. The number of benzene rings is 1. The van der Waals surface area contributed by atoms with Gasteiger partial charge in [0.2, 0.25) is 0 Å². The van der Waals surface area contributed by atoms with Crippen molar-refractivity contribution in [1.82, 2.24) is 15.3 Å². The molecule has 1 aromatic heterocycles. The van der Waals surface area contributed by atoms with Gasteiger partial charge in [0.25, 0.3) is 5.91 Å². The topological polar surface area (TPSA) is 74.8 Å². The van der Waals surface area contributed by atoms with Crippen molar-refractivity contribution in [3.8, 4) is 0 Å². The summed E-state index contributed by atoms with van der Waals surface area (Å²) < 4.78 is 26.0. The summed E-state index contributed by atoms with van der Waals surface area (Å²) in [4.78, 5) is 29.0. The van der Waals surface area contributed by atoms with Gasteiger partial charge in [-0.05, 0) is 43.5 Å². The second kappa shape index (κ2) is 6.93. The average molecular weight is 307 g/mol. The summed E-state index contributed by atoms with van der Waals surface area (Å²) >= 11 is 0. The molecule has 1 aromatic carbocycles. The Kier molecular flexibility index (Phi) is 4.98. The van der Waals surface area contributed by atoms with Crippen molar-refractivity contribution in [3.63, 3.8) is 0 Å². The van der Waals surface area contributed by atoms with Crippen molar-refractivity contribution in [3.05, 3.63) is 63.3 Å². The fourth-order valence-corrected chi connectivity index (χ4v) is 2.04. The van der Waals surface area contributed by atoms with E-state index in [1.165, 1.54) is 18.2 Å². The predicted octanol–water partition coefficient (Wildman–Crippen LogP) is 1.72. The maximum absolute atomic E-state index is 13.0. The second-order valence-corrected chi connectivity index (χ2v) is 4.89. The third-order valence-electron chi connectivity index (χ3n) is 2.96. The van der Waals surface area contributed by atoms with Gasteiger partial charge in [-0.1, -0.05) is 0 Å². The van der Waals surface area contributed by atoms with Gasteiger partial charge in [-0.25, -0.2) is 13.6 Å². The lowest BCUT2D eigenvalue weighted by Crippen LogP contribution is -2.28. The molecule has 5 nitrogen and oxygen atoms in total. The van der Waals surface area contributed by atoms with Crippen LogP contribution in [-0.2, 0) is 6.42 Å². The summed E-state index contributed by atoms with van der Waals surface area (Å²) in [6.45, 7) is 1.96. The standard InChI is InChI=1S/C15H15F2N3O2/c1-9-5-13(20-15(22)19-9)14(21)18-4-2-3-10-6-11(16)8-12(17)7-10/h5-8H,2-4H2,1H3,(H,18,21)(H,19,20,22). The molecule has 0 saturated heterocycles. The van der Waals surface area contributed by atoms with Crippen molar-refractivity contribution in [2.45, 2.75) is 19.8 Å². The van der Waals surface area contributed by atoms with Crippen LogP contribution in [-0.4, -0.2) is 22.4 Å². The summed E-state index contributed by atoms with van der Waals surface area (Å²) in [6.07, 6.45) is 0.938. The lowest BCUT2D eigenvalue weighted by molar-refractivity contribution is 0.0947. The number of amides is 1. The van der Waals surface area contributed by atoms with E-state index >= 15 is 0 Å². The molecular weight excluding hydrogens is 292 g/mol. The number of hydrogen-bond donors (Lipinski definition) is 2. The highest BCUT2D eigenvalue weighted by Crippen LogP contribution is 2.09. The van der Waals surface area contributed by atoms with Crippen LogP contribution < -0.4 is 11.0 Å². The first kappa shape index (κ1) is 15.8. The van der Waals surface area contributed by atoms with E-state index in [2.05, 4.69) is 15.3 Å². The normalized spacial score (nSPS) is 10.5. The molecule has 0 aliphatic carbocycles. The van der Waals surface area contributed by atoms with E-state index in [0.29, 0.717) is 30.6 Å². The van der Waals surface area contributed by atoms with Crippen molar-refractivity contribution in [2.75, 3.05) is 6.54 Å². The van der Waals surface area contributed by atoms with Gasteiger partial charge in [0.15, 0.2) is 0 Å². The highest BCUT2D eigenvalue weighted by molar-refractivity contribution is 5.92. The van der Waals surface area contributed by atoms with Gasteiger partial charge in [0.05, 0.1) is 0 Å². The number of carbonyl (C=O) groups is 1.